The highest BCUT2D eigenvalue weighted by Crippen LogP contribution is 2.15. The molecule has 0 spiro atoms. The zero-order valence-electron chi connectivity index (χ0n) is 18.6. The van der Waals surface area contributed by atoms with Crippen molar-refractivity contribution in [3.05, 3.63) is 0 Å². The van der Waals surface area contributed by atoms with Crippen molar-refractivity contribution in [2.24, 2.45) is 11.8 Å². The Balaban J connectivity index is 2.57. The van der Waals surface area contributed by atoms with Crippen LogP contribution in [0.15, 0.2) is 0 Å². The molecule has 28 heavy (non-hydrogen) atoms. The summed E-state index contributed by atoms with van der Waals surface area (Å²) < 4.78 is 5.29. The van der Waals surface area contributed by atoms with Crippen LogP contribution in [0, 0.1) is 11.8 Å². The van der Waals surface area contributed by atoms with Gasteiger partial charge in [0.1, 0.15) is 11.6 Å². The maximum atomic E-state index is 12.7. The number of rotatable bonds is 7. The van der Waals surface area contributed by atoms with Crippen molar-refractivity contribution in [3.63, 3.8) is 0 Å². The van der Waals surface area contributed by atoms with Crippen LogP contribution in [0.5, 0.6) is 0 Å². The summed E-state index contributed by atoms with van der Waals surface area (Å²) >= 11 is 0. The van der Waals surface area contributed by atoms with E-state index < -0.39 is 17.7 Å². The van der Waals surface area contributed by atoms with Crippen molar-refractivity contribution in [2.45, 2.75) is 91.8 Å². The maximum absolute atomic E-state index is 12.7. The molecule has 1 aliphatic heterocycles. The van der Waals surface area contributed by atoms with E-state index in [2.05, 4.69) is 10.6 Å². The van der Waals surface area contributed by atoms with Crippen molar-refractivity contribution in [2.75, 3.05) is 13.1 Å². The molecule has 0 unspecified atom stereocenters. The van der Waals surface area contributed by atoms with Crippen LogP contribution in [0.3, 0.4) is 0 Å². The van der Waals surface area contributed by atoms with Gasteiger partial charge in [0.2, 0.25) is 11.8 Å². The molecule has 0 radical (unpaired) electrons. The summed E-state index contributed by atoms with van der Waals surface area (Å²) in [7, 11) is 0. The molecule has 1 atom stereocenters. The number of piperidine rings is 1. The molecule has 1 saturated heterocycles. The van der Waals surface area contributed by atoms with E-state index in [4.69, 9.17) is 4.74 Å². The first-order valence-electron chi connectivity index (χ1n) is 10.4. The van der Waals surface area contributed by atoms with Gasteiger partial charge in [-0.15, -0.1) is 0 Å². The van der Waals surface area contributed by atoms with Gasteiger partial charge < -0.3 is 20.3 Å². The molecule has 0 aromatic heterocycles. The Bertz CT molecular complexity index is 532. The first-order valence-corrected chi connectivity index (χ1v) is 10.4. The summed E-state index contributed by atoms with van der Waals surface area (Å²) in [6.07, 6.45) is 1.99. The predicted molar refractivity (Wildman–Crippen MR) is 110 cm³/mol. The van der Waals surface area contributed by atoms with Gasteiger partial charge >= 0.3 is 6.09 Å². The number of ether oxygens (including phenoxy) is 1. The molecule has 162 valence electrons. The van der Waals surface area contributed by atoms with Crippen molar-refractivity contribution in [1.82, 2.24) is 15.5 Å². The monoisotopic (exact) mass is 397 g/mol. The smallest absolute Gasteiger partial charge is 0.408 e. The minimum absolute atomic E-state index is 0.0192. The minimum atomic E-state index is -0.629. The number of likely N-dealkylation sites (tertiary alicyclic amines) is 1. The number of alkyl carbamates (subject to hydrolysis) is 1. The molecule has 0 aromatic carbocycles. The van der Waals surface area contributed by atoms with Gasteiger partial charge in [-0.2, -0.15) is 0 Å². The number of hydrogen-bond acceptors (Lipinski definition) is 4. The highest BCUT2D eigenvalue weighted by atomic mass is 16.6. The lowest BCUT2D eigenvalue weighted by atomic mass is 10.00. The maximum Gasteiger partial charge on any atom is 0.408 e. The van der Waals surface area contributed by atoms with E-state index in [-0.39, 0.29) is 23.8 Å². The van der Waals surface area contributed by atoms with E-state index in [1.807, 2.05) is 32.6 Å². The molecular formula is C21H39N3O4. The van der Waals surface area contributed by atoms with Gasteiger partial charge in [0, 0.05) is 25.6 Å². The summed E-state index contributed by atoms with van der Waals surface area (Å²) in [6.45, 7) is 14.8. The van der Waals surface area contributed by atoms with Crippen LogP contribution in [0.2, 0.25) is 0 Å². The zero-order valence-corrected chi connectivity index (χ0v) is 18.6. The lowest BCUT2D eigenvalue weighted by molar-refractivity contribution is -0.133. The van der Waals surface area contributed by atoms with Gasteiger partial charge in [-0.3, -0.25) is 9.59 Å². The summed E-state index contributed by atoms with van der Waals surface area (Å²) in [6, 6.07) is -0.610. The van der Waals surface area contributed by atoms with Gasteiger partial charge in [0.15, 0.2) is 0 Å². The fraction of sp³-hybridized carbons (Fsp3) is 0.857. The quantitative estimate of drug-likeness (QED) is 0.691. The molecule has 7 heteroatoms. The molecule has 2 N–H and O–H groups in total. The van der Waals surface area contributed by atoms with Crippen molar-refractivity contribution < 1.29 is 19.1 Å². The Labute approximate surface area is 169 Å². The van der Waals surface area contributed by atoms with Crippen molar-refractivity contribution >= 4 is 17.9 Å². The second-order valence-electron chi connectivity index (χ2n) is 9.59. The summed E-state index contributed by atoms with van der Waals surface area (Å²) in [4.78, 5) is 38.9. The molecule has 1 heterocycles. The standard InChI is InChI=1S/C21H39N3O4/c1-14(2)12-17(23-20(27)28-21(5,6)7)19(26)22-16-8-10-24(11-9-16)18(25)13-15(3)4/h14-17H,8-13H2,1-7H3,(H,22,26)(H,23,27)/t17-/m0/s1. The Morgan fingerprint density at radius 1 is 1.04 bits per heavy atom. The van der Waals surface area contributed by atoms with E-state index in [9.17, 15) is 14.4 Å². The van der Waals surface area contributed by atoms with Crippen LogP contribution in [0.25, 0.3) is 0 Å². The van der Waals surface area contributed by atoms with E-state index in [1.54, 1.807) is 20.8 Å². The predicted octanol–water partition coefficient (Wildman–Crippen LogP) is 3.08. The van der Waals surface area contributed by atoms with Crippen LogP contribution in [-0.2, 0) is 14.3 Å². The lowest BCUT2D eigenvalue weighted by Gasteiger charge is -2.34. The molecule has 3 amide bonds. The first kappa shape index (κ1) is 24.2. The average Bonchev–Trinajstić information content (AvgIpc) is 2.51. The Hall–Kier alpha value is -1.79. The van der Waals surface area contributed by atoms with Gasteiger partial charge in [0.25, 0.3) is 0 Å². The Morgan fingerprint density at radius 3 is 2.07 bits per heavy atom. The fourth-order valence-corrected chi connectivity index (χ4v) is 3.21. The first-order chi connectivity index (χ1) is 12.9. The second-order valence-corrected chi connectivity index (χ2v) is 9.59. The number of nitrogens with one attached hydrogen (secondary N) is 2. The van der Waals surface area contributed by atoms with Gasteiger partial charge in [-0.1, -0.05) is 27.7 Å². The van der Waals surface area contributed by atoms with Crippen LogP contribution < -0.4 is 10.6 Å². The van der Waals surface area contributed by atoms with E-state index in [0.717, 1.165) is 12.8 Å². The number of carbonyl (C=O) groups excluding carboxylic acids is 3. The minimum Gasteiger partial charge on any atom is -0.444 e. The highest BCUT2D eigenvalue weighted by molar-refractivity contribution is 5.86. The van der Waals surface area contributed by atoms with E-state index in [0.29, 0.717) is 31.8 Å². The number of carbonyl (C=O) groups is 3. The largest absolute Gasteiger partial charge is 0.444 e. The van der Waals surface area contributed by atoms with Gasteiger partial charge in [-0.25, -0.2) is 4.79 Å². The van der Waals surface area contributed by atoms with Gasteiger partial charge in [0.05, 0.1) is 0 Å². The molecule has 1 aliphatic rings. The fourth-order valence-electron chi connectivity index (χ4n) is 3.21. The lowest BCUT2D eigenvalue weighted by Crippen LogP contribution is -2.53. The average molecular weight is 398 g/mol. The molecule has 1 fully saturated rings. The van der Waals surface area contributed by atoms with Crippen LogP contribution in [-0.4, -0.2) is 53.6 Å². The van der Waals surface area contributed by atoms with Crippen molar-refractivity contribution in [1.29, 1.82) is 0 Å². The Morgan fingerprint density at radius 2 is 1.61 bits per heavy atom. The molecule has 0 bridgehead atoms. The molecule has 0 aromatic rings. The number of nitrogens with zero attached hydrogens (tertiary/aromatic N) is 1. The zero-order chi connectivity index (χ0) is 21.5. The summed E-state index contributed by atoms with van der Waals surface area (Å²) in [5.41, 5.74) is -0.613. The highest BCUT2D eigenvalue weighted by Gasteiger charge is 2.29. The van der Waals surface area contributed by atoms with Crippen molar-refractivity contribution in [3.8, 4) is 0 Å². The van der Waals surface area contributed by atoms with Crippen LogP contribution >= 0.6 is 0 Å². The van der Waals surface area contributed by atoms with Gasteiger partial charge in [-0.05, 0) is 51.9 Å². The summed E-state index contributed by atoms with van der Waals surface area (Å²) in [5.74, 6) is 0.595. The van der Waals surface area contributed by atoms with E-state index >= 15 is 0 Å². The second kappa shape index (κ2) is 10.7. The molecular weight excluding hydrogens is 358 g/mol. The molecule has 0 saturated carbocycles. The molecule has 7 nitrogen and oxygen atoms in total. The summed E-state index contributed by atoms with van der Waals surface area (Å²) in [5, 5.41) is 5.75. The van der Waals surface area contributed by atoms with Crippen LogP contribution in [0.4, 0.5) is 4.79 Å². The third-order valence-electron chi connectivity index (χ3n) is 4.49. The molecule has 0 aliphatic carbocycles. The number of amides is 3. The van der Waals surface area contributed by atoms with E-state index in [1.165, 1.54) is 0 Å². The normalized spacial score (nSPS) is 16.8. The topological polar surface area (TPSA) is 87.7 Å². The SMILES string of the molecule is CC(C)CC(=O)N1CCC(NC(=O)[C@H](CC(C)C)NC(=O)OC(C)(C)C)CC1. The third-order valence-corrected chi connectivity index (χ3v) is 4.49. The Kier molecular flexibility index (Phi) is 9.24. The number of hydrogen-bond donors (Lipinski definition) is 2. The molecule has 1 rings (SSSR count). The van der Waals surface area contributed by atoms with Crippen LogP contribution in [0.1, 0.15) is 74.1 Å². The third kappa shape index (κ3) is 9.42.